The molecular weight excluding hydrogens is 438 g/mol. The van der Waals surface area contributed by atoms with Gasteiger partial charge in [-0.2, -0.15) is 0 Å². The first-order valence-electron chi connectivity index (χ1n) is 9.63. The van der Waals surface area contributed by atoms with E-state index in [0.717, 1.165) is 4.88 Å². The van der Waals surface area contributed by atoms with Gasteiger partial charge in [-0.25, -0.2) is 4.98 Å². The van der Waals surface area contributed by atoms with Crippen LogP contribution in [-0.4, -0.2) is 32.7 Å². The lowest BCUT2D eigenvalue weighted by atomic mass is 10.2. The first-order valence-corrected chi connectivity index (χ1v) is 11.9. The summed E-state index contributed by atoms with van der Waals surface area (Å²) in [7, 11) is 0. The van der Waals surface area contributed by atoms with Crippen LogP contribution in [0.15, 0.2) is 58.3 Å². The third-order valence-corrected chi connectivity index (χ3v) is 6.44. The molecule has 158 valence electrons. The Bertz CT molecular complexity index is 1090. The zero-order valence-electron chi connectivity index (χ0n) is 17.0. The first kappa shape index (κ1) is 22.6. The highest BCUT2D eigenvalue weighted by Gasteiger charge is 2.18. The predicted octanol–water partition coefficient (Wildman–Crippen LogP) is 5.07. The standard InChI is InChI=1S/C22H24ClN3O2S2/c1-4-9-25(13-17-6-5-10-29-17)20(27)14-30-22-24-19-8-7-16(23)11-18(19)21(28)26(22)12-15(2)3/h4-8,10-11,15H,1,9,12-14H2,2-3H3. The monoisotopic (exact) mass is 461 g/mol. The number of carbonyl (C=O) groups excluding carboxylic acids is 1. The molecule has 0 radical (unpaired) electrons. The fourth-order valence-corrected chi connectivity index (χ4v) is 4.83. The average Bonchev–Trinajstić information content (AvgIpc) is 3.21. The van der Waals surface area contributed by atoms with Gasteiger partial charge in [-0.3, -0.25) is 14.2 Å². The number of thioether (sulfide) groups is 1. The highest BCUT2D eigenvalue weighted by molar-refractivity contribution is 7.99. The summed E-state index contributed by atoms with van der Waals surface area (Å²) in [6.45, 7) is 9.39. The van der Waals surface area contributed by atoms with Crippen molar-refractivity contribution < 1.29 is 4.79 Å². The van der Waals surface area contributed by atoms with Crippen LogP contribution in [0.4, 0.5) is 0 Å². The lowest BCUT2D eigenvalue weighted by molar-refractivity contribution is -0.128. The van der Waals surface area contributed by atoms with Crippen molar-refractivity contribution in [3.05, 3.63) is 68.6 Å². The van der Waals surface area contributed by atoms with Gasteiger partial charge in [-0.1, -0.05) is 49.4 Å². The summed E-state index contributed by atoms with van der Waals surface area (Å²) in [6.07, 6.45) is 1.73. The maximum atomic E-state index is 13.1. The van der Waals surface area contributed by atoms with Crippen molar-refractivity contribution in [2.45, 2.75) is 32.1 Å². The molecule has 0 saturated heterocycles. The molecule has 0 bridgehead atoms. The van der Waals surface area contributed by atoms with E-state index < -0.39 is 0 Å². The molecule has 0 unspecified atom stereocenters. The van der Waals surface area contributed by atoms with Gasteiger partial charge in [-0.05, 0) is 35.6 Å². The molecule has 30 heavy (non-hydrogen) atoms. The molecule has 3 rings (SSSR count). The second-order valence-electron chi connectivity index (χ2n) is 7.30. The zero-order valence-corrected chi connectivity index (χ0v) is 19.4. The maximum absolute atomic E-state index is 13.1. The fourth-order valence-electron chi connectivity index (χ4n) is 3.03. The van der Waals surface area contributed by atoms with Crippen LogP contribution in [0.25, 0.3) is 10.9 Å². The zero-order chi connectivity index (χ0) is 21.7. The van der Waals surface area contributed by atoms with Crippen LogP contribution >= 0.6 is 34.7 Å². The van der Waals surface area contributed by atoms with Crippen LogP contribution in [0.1, 0.15) is 18.7 Å². The van der Waals surface area contributed by atoms with Gasteiger partial charge in [0, 0.05) is 23.0 Å². The summed E-state index contributed by atoms with van der Waals surface area (Å²) in [5.41, 5.74) is 0.452. The summed E-state index contributed by atoms with van der Waals surface area (Å²) in [5, 5.41) is 3.54. The number of nitrogens with zero attached hydrogens (tertiary/aromatic N) is 3. The molecule has 5 nitrogen and oxygen atoms in total. The van der Waals surface area contributed by atoms with E-state index in [0.29, 0.717) is 40.7 Å². The van der Waals surface area contributed by atoms with Crippen molar-refractivity contribution in [3.8, 4) is 0 Å². The summed E-state index contributed by atoms with van der Waals surface area (Å²) in [6, 6.07) is 9.09. The number of aromatic nitrogens is 2. The van der Waals surface area contributed by atoms with Crippen molar-refractivity contribution in [2.75, 3.05) is 12.3 Å². The second kappa shape index (κ2) is 10.3. The van der Waals surface area contributed by atoms with Crippen molar-refractivity contribution in [1.29, 1.82) is 0 Å². The Morgan fingerprint density at radius 1 is 1.40 bits per heavy atom. The molecule has 8 heteroatoms. The van der Waals surface area contributed by atoms with Crippen LogP contribution < -0.4 is 5.56 Å². The third-order valence-electron chi connectivity index (χ3n) is 4.38. The Morgan fingerprint density at radius 2 is 2.20 bits per heavy atom. The van der Waals surface area contributed by atoms with Crippen LogP contribution in [-0.2, 0) is 17.9 Å². The van der Waals surface area contributed by atoms with E-state index in [4.69, 9.17) is 11.6 Å². The van der Waals surface area contributed by atoms with Gasteiger partial charge in [0.1, 0.15) is 0 Å². The number of fused-ring (bicyclic) bond motifs is 1. The molecule has 3 aromatic rings. The maximum Gasteiger partial charge on any atom is 0.262 e. The van der Waals surface area contributed by atoms with E-state index in [1.54, 1.807) is 45.1 Å². The SMILES string of the molecule is C=CCN(Cc1cccs1)C(=O)CSc1nc2ccc(Cl)cc2c(=O)n1CC(C)C. The Kier molecular flexibility index (Phi) is 7.75. The molecule has 0 spiro atoms. The number of hydrogen-bond donors (Lipinski definition) is 0. The van der Waals surface area contributed by atoms with Gasteiger partial charge in [0.25, 0.3) is 5.56 Å². The van der Waals surface area contributed by atoms with Crippen LogP contribution in [0.3, 0.4) is 0 Å². The minimum atomic E-state index is -0.132. The summed E-state index contributed by atoms with van der Waals surface area (Å²) in [5.74, 6) is 0.435. The smallest absolute Gasteiger partial charge is 0.262 e. The third kappa shape index (κ3) is 5.53. The number of halogens is 1. The number of rotatable bonds is 9. The van der Waals surface area contributed by atoms with Gasteiger partial charge in [0.15, 0.2) is 5.16 Å². The largest absolute Gasteiger partial charge is 0.333 e. The molecule has 1 amide bonds. The Labute approximate surface area is 189 Å². The lowest BCUT2D eigenvalue weighted by Crippen LogP contribution is -2.32. The van der Waals surface area contributed by atoms with Gasteiger partial charge in [0.2, 0.25) is 5.91 Å². The molecule has 0 aliphatic heterocycles. The minimum Gasteiger partial charge on any atom is -0.333 e. The summed E-state index contributed by atoms with van der Waals surface area (Å²) in [4.78, 5) is 33.5. The quantitative estimate of drug-likeness (QED) is 0.253. The molecule has 0 aliphatic carbocycles. The molecule has 0 aliphatic rings. The topological polar surface area (TPSA) is 55.2 Å². The lowest BCUT2D eigenvalue weighted by Gasteiger charge is -2.21. The van der Waals surface area contributed by atoms with Crippen molar-refractivity contribution in [2.24, 2.45) is 5.92 Å². The average molecular weight is 462 g/mol. The molecule has 0 N–H and O–H groups in total. The molecule has 0 saturated carbocycles. The van der Waals surface area contributed by atoms with Gasteiger partial charge >= 0.3 is 0 Å². The van der Waals surface area contributed by atoms with E-state index in [1.165, 1.54) is 11.8 Å². The summed E-state index contributed by atoms with van der Waals surface area (Å²) >= 11 is 8.99. The Hall–Kier alpha value is -2.09. The molecule has 2 aromatic heterocycles. The molecular formula is C22H24ClN3O2S2. The van der Waals surface area contributed by atoms with Crippen molar-refractivity contribution in [1.82, 2.24) is 14.5 Å². The highest BCUT2D eigenvalue weighted by atomic mass is 35.5. The Morgan fingerprint density at radius 3 is 2.87 bits per heavy atom. The second-order valence-corrected chi connectivity index (χ2v) is 9.71. The number of amides is 1. The van der Waals surface area contributed by atoms with E-state index >= 15 is 0 Å². The van der Waals surface area contributed by atoms with E-state index in [1.807, 2.05) is 31.4 Å². The summed E-state index contributed by atoms with van der Waals surface area (Å²) < 4.78 is 1.65. The first-order chi connectivity index (χ1) is 14.4. The number of carbonyl (C=O) groups is 1. The van der Waals surface area contributed by atoms with Crippen LogP contribution in [0.2, 0.25) is 5.02 Å². The number of benzene rings is 1. The predicted molar refractivity (Wildman–Crippen MR) is 127 cm³/mol. The Balaban J connectivity index is 1.86. The number of hydrogen-bond acceptors (Lipinski definition) is 5. The fraction of sp³-hybridized carbons (Fsp3) is 0.318. The van der Waals surface area contributed by atoms with Gasteiger partial charge in [0.05, 0.1) is 23.2 Å². The molecule has 1 aromatic carbocycles. The van der Waals surface area contributed by atoms with E-state index in [2.05, 4.69) is 11.6 Å². The normalized spacial score (nSPS) is 11.2. The number of thiophene rings is 1. The highest BCUT2D eigenvalue weighted by Crippen LogP contribution is 2.22. The van der Waals surface area contributed by atoms with Crippen LogP contribution in [0.5, 0.6) is 0 Å². The van der Waals surface area contributed by atoms with Crippen molar-refractivity contribution in [3.63, 3.8) is 0 Å². The van der Waals surface area contributed by atoms with Gasteiger partial charge < -0.3 is 4.90 Å². The minimum absolute atomic E-state index is 0.0187. The van der Waals surface area contributed by atoms with Crippen LogP contribution in [0, 0.1) is 5.92 Å². The molecule has 2 heterocycles. The molecule has 0 fully saturated rings. The van der Waals surface area contributed by atoms with Crippen molar-refractivity contribution >= 4 is 51.5 Å². The molecule has 0 atom stereocenters. The van der Waals surface area contributed by atoms with Gasteiger partial charge in [-0.15, -0.1) is 17.9 Å². The van der Waals surface area contributed by atoms with E-state index in [9.17, 15) is 9.59 Å². The van der Waals surface area contributed by atoms with E-state index in [-0.39, 0.29) is 23.1 Å².